The summed E-state index contributed by atoms with van der Waals surface area (Å²) in [7, 11) is 1.63. The summed E-state index contributed by atoms with van der Waals surface area (Å²) in [6.45, 7) is 0.465. The topological polar surface area (TPSA) is 92.8 Å². The molecule has 0 saturated carbocycles. The number of fused-ring (bicyclic) bond motifs is 1. The van der Waals surface area contributed by atoms with Crippen LogP contribution in [0.5, 0.6) is 5.75 Å². The van der Waals surface area contributed by atoms with Gasteiger partial charge in [-0.15, -0.1) is 0 Å². The van der Waals surface area contributed by atoms with Crippen molar-refractivity contribution in [3.8, 4) is 5.75 Å². The monoisotopic (exact) mass is 297 g/mol. The molecule has 1 aromatic carbocycles. The van der Waals surface area contributed by atoms with Crippen molar-refractivity contribution in [3.05, 3.63) is 48.3 Å². The third kappa shape index (κ3) is 3.03. The Kier molecular flexibility index (Phi) is 3.95. The zero-order valence-corrected chi connectivity index (χ0v) is 12.0. The van der Waals surface area contributed by atoms with Crippen molar-refractivity contribution in [1.82, 2.24) is 25.3 Å². The van der Waals surface area contributed by atoms with E-state index in [0.717, 1.165) is 22.6 Å². The highest BCUT2D eigenvalue weighted by molar-refractivity contribution is 5.91. The quantitative estimate of drug-likeness (QED) is 0.741. The Hall–Kier alpha value is -2.96. The molecule has 7 nitrogen and oxygen atoms in total. The molecule has 0 fully saturated rings. The summed E-state index contributed by atoms with van der Waals surface area (Å²) in [5.41, 5.74) is 2.09. The van der Waals surface area contributed by atoms with Gasteiger partial charge in [0.1, 0.15) is 17.3 Å². The van der Waals surface area contributed by atoms with Crippen LogP contribution in [0.25, 0.3) is 11.0 Å². The number of imidazole rings is 1. The number of rotatable bonds is 5. The van der Waals surface area contributed by atoms with Gasteiger partial charge in [-0.3, -0.25) is 9.78 Å². The predicted molar refractivity (Wildman–Crippen MR) is 80.7 cm³/mol. The van der Waals surface area contributed by atoms with E-state index < -0.39 is 0 Å². The van der Waals surface area contributed by atoms with Crippen molar-refractivity contribution in [2.75, 3.05) is 13.7 Å². The number of aromatic amines is 1. The van der Waals surface area contributed by atoms with E-state index >= 15 is 0 Å². The molecule has 3 aromatic rings. The summed E-state index contributed by atoms with van der Waals surface area (Å²) in [5, 5.41) is 2.79. The van der Waals surface area contributed by atoms with Gasteiger partial charge >= 0.3 is 0 Å². The highest BCUT2D eigenvalue weighted by Gasteiger charge is 2.08. The van der Waals surface area contributed by atoms with Crippen molar-refractivity contribution in [1.29, 1.82) is 0 Å². The maximum Gasteiger partial charge on any atom is 0.271 e. The van der Waals surface area contributed by atoms with Gasteiger partial charge in [0.15, 0.2) is 0 Å². The van der Waals surface area contributed by atoms with E-state index in [2.05, 4.69) is 25.3 Å². The van der Waals surface area contributed by atoms with Gasteiger partial charge in [0.2, 0.25) is 0 Å². The molecule has 2 aromatic heterocycles. The normalized spacial score (nSPS) is 10.6. The average Bonchev–Trinajstić information content (AvgIpc) is 2.97. The van der Waals surface area contributed by atoms with Crippen LogP contribution in [0, 0.1) is 0 Å². The average molecular weight is 297 g/mol. The third-order valence-corrected chi connectivity index (χ3v) is 3.18. The number of carbonyl (C=O) groups excluding carboxylic acids is 1. The Morgan fingerprint density at radius 3 is 3.05 bits per heavy atom. The zero-order valence-electron chi connectivity index (χ0n) is 12.0. The second kappa shape index (κ2) is 6.21. The van der Waals surface area contributed by atoms with Crippen LogP contribution in [0.15, 0.2) is 36.8 Å². The minimum Gasteiger partial charge on any atom is -0.497 e. The van der Waals surface area contributed by atoms with Gasteiger partial charge in [0, 0.05) is 31.4 Å². The molecule has 0 bridgehead atoms. The molecule has 22 heavy (non-hydrogen) atoms. The van der Waals surface area contributed by atoms with Crippen molar-refractivity contribution in [2.24, 2.45) is 0 Å². The lowest BCUT2D eigenvalue weighted by Gasteiger charge is -2.02. The maximum atomic E-state index is 11.8. The second-order valence-corrected chi connectivity index (χ2v) is 4.66. The lowest BCUT2D eigenvalue weighted by atomic mass is 10.3. The van der Waals surface area contributed by atoms with Gasteiger partial charge in [-0.2, -0.15) is 0 Å². The number of nitrogens with one attached hydrogen (secondary N) is 2. The van der Waals surface area contributed by atoms with Crippen LogP contribution in [-0.2, 0) is 6.42 Å². The Morgan fingerprint density at radius 1 is 1.36 bits per heavy atom. The zero-order chi connectivity index (χ0) is 15.4. The lowest BCUT2D eigenvalue weighted by Crippen LogP contribution is -2.26. The molecule has 112 valence electrons. The number of nitrogens with zero attached hydrogens (tertiary/aromatic N) is 3. The molecule has 2 N–H and O–H groups in total. The third-order valence-electron chi connectivity index (χ3n) is 3.18. The van der Waals surface area contributed by atoms with Gasteiger partial charge in [-0.05, 0) is 12.1 Å². The predicted octanol–water partition coefficient (Wildman–Crippen LogP) is 1.33. The highest BCUT2D eigenvalue weighted by Crippen LogP contribution is 2.18. The molecule has 1 amide bonds. The largest absolute Gasteiger partial charge is 0.497 e. The van der Waals surface area contributed by atoms with Gasteiger partial charge in [-0.1, -0.05) is 0 Å². The van der Waals surface area contributed by atoms with Crippen LogP contribution in [-0.4, -0.2) is 39.5 Å². The van der Waals surface area contributed by atoms with Gasteiger partial charge in [0.25, 0.3) is 5.91 Å². The first-order valence-corrected chi connectivity index (χ1v) is 6.83. The first kappa shape index (κ1) is 14.0. The number of H-pyrrole nitrogens is 1. The Morgan fingerprint density at radius 2 is 2.27 bits per heavy atom. The van der Waals surface area contributed by atoms with E-state index in [1.54, 1.807) is 7.11 Å². The van der Waals surface area contributed by atoms with E-state index in [0.29, 0.717) is 18.7 Å². The number of benzene rings is 1. The Bertz CT molecular complexity index is 785. The minimum absolute atomic E-state index is 0.245. The van der Waals surface area contributed by atoms with Crippen LogP contribution in [0.4, 0.5) is 0 Å². The fourth-order valence-electron chi connectivity index (χ4n) is 2.09. The molecule has 0 atom stereocenters. The smallest absolute Gasteiger partial charge is 0.271 e. The summed E-state index contributed by atoms with van der Waals surface area (Å²) in [4.78, 5) is 27.3. The lowest BCUT2D eigenvalue weighted by molar-refractivity contribution is 0.0948. The molecule has 0 spiro atoms. The number of aromatic nitrogens is 4. The molecule has 0 aliphatic carbocycles. The summed E-state index contributed by atoms with van der Waals surface area (Å²) >= 11 is 0. The molecule has 0 saturated heterocycles. The summed E-state index contributed by atoms with van der Waals surface area (Å²) in [5.74, 6) is 1.34. The van der Waals surface area contributed by atoms with Crippen molar-refractivity contribution in [2.45, 2.75) is 6.42 Å². The molecule has 3 rings (SSSR count). The molecular formula is C15H15N5O2. The Labute approximate surface area is 126 Å². The van der Waals surface area contributed by atoms with Gasteiger partial charge < -0.3 is 15.0 Å². The minimum atomic E-state index is -0.245. The van der Waals surface area contributed by atoms with Crippen LogP contribution < -0.4 is 10.1 Å². The first-order chi connectivity index (χ1) is 10.8. The molecule has 0 aliphatic rings. The van der Waals surface area contributed by atoms with E-state index in [1.807, 2.05) is 18.2 Å². The van der Waals surface area contributed by atoms with Gasteiger partial charge in [0.05, 0.1) is 24.3 Å². The standard InChI is InChI=1S/C15H15N5O2/c1-22-10-2-3-11-12(8-10)20-14(19-11)4-5-18-15(21)13-9-16-6-7-17-13/h2-3,6-9H,4-5H2,1H3,(H,18,21)(H,19,20). The second-order valence-electron chi connectivity index (χ2n) is 4.66. The maximum absolute atomic E-state index is 11.8. The number of carbonyl (C=O) groups is 1. The van der Waals surface area contributed by atoms with Crippen LogP contribution in [0.3, 0.4) is 0 Å². The van der Waals surface area contributed by atoms with E-state index in [-0.39, 0.29) is 5.91 Å². The molecule has 7 heteroatoms. The number of hydrogen-bond donors (Lipinski definition) is 2. The van der Waals surface area contributed by atoms with Crippen LogP contribution in [0.1, 0.15) is 16.3 Å². The fourth-order valence-corrected chi connectivity index (χ4v) is 2.09. The molecule has 0 unspecified atom stereocenters. The molecule has 0 radical (unpaired) electrons. The molecular weight excluding hydrogens is 282 g/mol. The van der Waals surface area contributed by atoms with E-state index in [9.17, 15) is 4.79 Å². The number of ether oxygens (including phenoxy) is 1. The first-order valence-electron chi connectivity index (χ1n) is 6.83. The van der Waals surface area contributed by atoms with E-state index in [1.165, 1.54) is 18.6 Å². The van der Waals surface area contributed by atoms with Crippen molar-refractivity contribution >= 4 is 16.9 Å². The van der Waals surface area contributed by atoms with Crippen LogP contribution >= 0.6 is 0 Å². The number of amides is 1. The summed E-state index contributed by atoms with van der Waals surface area (Å²) in [6.07, 6.45) is 5.05. The van der Waals surface area contributed by atoms with Crippen molar-refractivity contribution < 1.29 is 9.53 Å². The fraction of sp³-hybridized carbons (Fsp3) is 0.200. The number of hydrogen-bond acceptors (Lipinski definition) is 5. The van der Waals surface area contributed by atoms with Gasteiger partial charge in [-0.25, -0.2) is 9.97 Å². The van der Waals surface area contributed by atoms with Crippen molar-refractivity contribution in [3.63, 3.8) is 0 Å². The summed E-state index contributed by atoms with van der Waals surface area (Å²) < 4.78 is 5.18. The summed E-state index contributed by atoms with van der Waals surface area (Å²) in [6, 6.07) is 5.65. The highest BCUT2D eigenvalue weighted by atomic mass is 16.5. The Balaban J connectivity index is 1.61. The van der Waals surface area contributed by atoms with E-state index in [4.69, 9.17) is 4.74 Å². The molecule has 2 heterocycles. The SMILES string of the molecule is COc1ccc2nc(CCNC(=O)c3cnccn3)[nH]c2c1. The molecule has 0 aliphatic heterocycles. The van der Waals surface area contributed by atoms with Crippen LogP contribution in [0.2, 0.25) is 0 Å². The number of methoxy groups -OCH3 is 1.